The third-order valence-corrected chi connectivity index (χ3v) is 12.9. The van der Waals surface area contributed by atoms with Gasteiger partial charge >= 0.3 is 6.18 Å². The molecular formula is C32H31F4NOSSi. The fourth-order valence-electron chi connectivity index (χ4n) is 3.94. The molecule has 4 rings (SSSR count). The summed E-state index contributed by atoms with van der Waals surface area (Å²) in [6, 6.07) is 15.0. The topological polar surface area (TPSA) is 22.1 Å². The largest absolute Gasteiger partial charge is 0.416 e. The molecular weight excluding hydrogens is 551 g/mol. The van der Waals surface area contributed by atoms with Crippen LogP contribution >= 0.6 is 11.3 Å². The van der Waals surface area contributed by atoms with E-state index in [4.69, 9.17) is 4.43 Å². The van der Waals surface area contributed by atoms with Crippen molar-refractivity contribution in [3.05, 3.63) is 89.3 Å². The molecule has 2 aromatic carbocycles. The Hall–Kier alpha value is -3.25. The Morgan fingerprint density at radius 3 is 1.98 bits per heavy atom. The molecule has 208 valence electrons. The number of halogens is 4. The van der Waals surface area contributed by atoms with Crippen LogP contribution in [-0.4, -0.2) is 19.9 Å². The first-order valence-electron chi connectivity index (χ1n) is 12.9. The summed E-state index contributed by atoms with van der Waals surface area (Å²) in [6.45, 7) is 11.4. The van der Waals surface area contributed by atoms with Gasteiger partial charge in [-0.2, -0.15) is 13.2 Å². The van der Waals surface area contributed by atoms with E-state index < -0.39 is 20.1 Å². The fraction of sp³-hybridized carbons (Fsp3) is 0.281. The number of aromatic nitrogens is 1. The summed E-state index contributed by atoms with van der Waals surface area (Å²) < 4.78 is 60.0. The third-order valence-electron chi connectivity index (χ3n) is 7.18. The number of hydrogen-bond donors (Lipinski definition) is 0. The average molecular weight is 582 g/mol. The van der Waals surface area contributed by atoms with E-state index in [1.807, 2.05) is 12.1 Å². The van der Waals surface area contributed by atoms with Crippen molar-refractivity contribution in [3.63, 3.8) is 0 Å². The van der Waals surface area contributed by atoms with E-state index in [2.05, 4.69) is 50.7 Å². The molecule has 0 spiro atoms. The second-order valence-electron chi connectivity index (χ2n) is 11.0. The first-order valence-corrected chi connectivity index (χ1v) is 16.6. The first kappa shape index (κ1) is 29.7. The molecule has 0 aliphatic heterocycles. The lowest BCUT2D eigenvalue weighted by molar-refractivity contribution is -0.137. The molecule has 0 saturated carbocycles. The summed E-state index contributed by atoms with van der Waals surface area (Å²) in [6.07, 6.45) is -0.580. The molecule has 0 amide bonds. The highest BCUT2D eigenvalue weighted by Gasteiger charge is 2.36. The van der Waals surface area contributed by atoms with E-state index in [9.17, 15) is 17.6 Å². The van der Waals surface area contributed by atoms with Crippen molar-refractivity contribution < 1.29 is 22.0 Å². The summed E-state index contributed by atoms with van der Waals surface area (Å²) >= 11 is 1.44. The van der Waals surface area contributed by atoms with Crippen LogP contribution in [-0.2, 0) is 10.6 Å². The Balaban J connectivity index is 1.83. The molecule has 0 bridgehead atoms. The Labute approximate surface area is 238 Å². The molecule has 0 aliphatic carbocycles. The van der Waals surface area contributed by atoms with Gasteiger partial charge in [-0.3, -0.25) is 4.98 Å². The van der Waals surface area contributed by atoms with Crippen LogP contribution in [0.2, 0.25) is 18.1 Å². The molecule has 0 fully saturated rings. The number of alkyl halides is 3. The van der Waals surface area contributed by atoms with E-state index in [1.54, 1.807) is 24.5 Å². The lowest BCUT2D eigenvalue weighted by atomic mass is 9.93. The Bertz CT molecular complexity index is 1510. The minimum absolute atomic E-state index is 0.0907. The Morgan fingerprint density at radius 1 is 0.825 bits per heavy atom. The predicted molar refractivity (Wildman–Crippen MR) is 158 cm³/mol. The number of rotatable bonds is 6. The molecule has 0 N–H and O–H groups in total. The molecule has 2 nitrogen and oxygen atoms in total. The van der Waals surface area contributed by atoms with Crippen molar-refractivity contribution in [3.8, 4) is 44.5 Å². The Kier molecular flexibility index (Phi) is 8.69. The number of pyridine rings is 1. The third kappa shape index (κ3) is 6.72. The van der Waals surface area contributed by atoms with Crippen LogP contribution in [0, 0.1) is 17.7 Å². The molecule has 40 heavy (non-hydrogen) atoms. The van der Waals surface area contributed by atoms with Crippen molar-refractivity contribution in [1.29, 1.82) is 0 Å². The molecule has 2 aromatic heterocycles. The van der Waals surface area contributed by atoms with Gasteiger partial charge in [-0.25, -0.2) is 4.39 Å². The molecule has 0 saturated heterocycles. The highest BCUT2D eigenvalue weighted by Crippen LogP contribution is 2.48. The fourth-order valence-corrected chi connectivity index (χ4v) is 6.21. The van der Waals surface area contributed by atoms with E-state index in [1.165, 1.54) is 35.6 Å². The van der Waals surface area contributed by atoms with Crippen molar-refractivity contribution in [2.45, 2.75) is 51.5 Å². The average Bonchev–Trinajstić information content (AvgIpc) is 3.27. The first-order chi connectivity index (χ1) is 18.8. The highest BCUT2D eigenvalue weighted by molar-refractivity contribution is 7.17. The zero-order valence-electron chi connectivity index (χ0n) is 23.1. The molecule has 0 aliphatic rings. The molecule has 4 aromatic rings. The second kappa shape index (κ2) is 11.7. The SMILES string of the molecule is CC(C)(C)[Si](C)(C)OCCC#Cc1sc(-c2ccc(F)cc2)c(-c2ccncc2)c1-c1ccc(C(F)(F)F)cc1. The summed E-state index contributed by atoms with van der Waals surface area (Å²) in [5, 5.41) is 0.0907. The predicted octanol–water partition coefficient (Wildman–Crippen LogP) is 10.1. The molecule has 0 radical (unpaired) electrons. The lowest BCUT2D eigenvalue weighted by Crippen LogP contribution is -2.40. The molecule has 0 unspecified atom stereocenters. The van der Waals surface area contributed by atoms with Crippen molar-refractivity contribution >= 4 is 19.7 Å². The number of benzene rings is 2. The van der Waals surface area contributed by atoms with Crippen LogP contribution in [0.5, 0.6) is 0 Å². The minimum Gasteiger partial charge on any atom is -0.416 e. The normalized spacial score (nSPS) is 12.2. The standard InChI is InChI=1S/C32H31F4NOSSi/c1-31(2,3)40(4,5)38-21-7-6-8-27-28(22-9-13-25(14-10-22)32(34,35)36)29(23-17-19-37-20-18-23)30(39-27)24-11-15-26(33)16-12-24/h9-20H,7,21H2,1-5H3. The van der Waals surface area contributed by atoms with Crippen molar-refractivity contribution in [2.75, 3.05) is 6.61 Å². The van der Waals surface area contributed by atoms with Gasteiger partial charge in [0.2, 0.25) is 0 Å². The van der Waals surface area contributed by atoms with Gasteiger partial charge in [0.05, 0.1) is 10.4 Å². The zero-order valence-corrected chi connectivity index (χ0v) is 24.9. The number of thiophene rings is 1. The van der Waals surface area contributed by atoms with E-state index in [-0.39, 0.29) is 10.9 Å². The van der Waals surface area contributed by atoms with Gasteiger partial charge in [-0.15, -0.1) is 11.3 Å². The maximum atomic E-state index is 13.8. The molecule has 0 atom stereocenters. The molecule has 8 heteroatoms. The smallest absolute Gasteiger partial charge is 0.416 e. The lowest BCUT2D eigenvalue weighted by Gasteiger charge is -2.35. The summed E-state index contributed by atoms with van der Waals surface area (Å²) in [4.78, 5) is 5.70. The van der Waals surface area contributed by atoms with Crippen molar-refractivity contribution in [1.82, 2.24) is 4.98 Å². The van der Waals surface area contributed by atoms with Gasteiger partial charge in [0.1, 0.15) is 5.82 Å². The van der Waals surface area contributed by atoms with Crippen LogP contribution in [0.25, 0.3) is 32.7 Å². The van der Waals surface area contributed by atoms with Gasteiger partial charge in [-0.05, 0) is 71.2 Å². The van der Waals surface area contributed by atoms with Crippen LogP contribution in [0.3, 0.4) is 0 Å². The highest BCUT2D eigenvalue weighted by atomic mass is 32.1. The quantitative estimate of drug-likeness (QED) is 0.0978. The van der Waals surface area contributed by atoms with Gasteiger partial charge in [0, 0.05) is 41.4 Å². The van der Waals surface area contributed by atoms with Gasteiger partial charge in [-0.1, -0.05) is 56.9 Å². The van der Waals surface area contributed by atoms with Gasteiger partial charge < -0.3 is 4.43 Å². The summed E-state index contributed by atoms with van der Waals surface area (Å²) in [7, 11) is -1.91. The Morgan fingerprint density at radius 2 is 1.40 bits per heavy atom. The molecule has 2 heterocycles. The van der Waals surface area contributed by atoms with Gasteiger partial charge in [0.15, 0.2) is 8.32 Å². The number of nitrogens with zero attached hydrogens (tertiary/aromatic N) is 1. The van der Waals surface area contributed by atoms with Crippen LogP contribution in [0.4, 0.5) is 17.6 Å². The maximum Gasteiger partial charge on any atom is 0.416 e. The van der Waals surface area contributed by atoms with E-state index in [0.29, 0.717) is 18.6 Å². The van der Waals surface area contributed by atoms with Crippen molar-refractivity contribution in [2.24, 2.45) is 0 Å². The van der Waals surface area contributed by atoms with E-state index in [0.717, 1.165) is 44.1 Å². The van der Waals surface area contributed by atoms with Crippen LogP contribution in [0.15, 0.2) is 73.1 Å². The summed E-state index contributed by atoms with van der Waals surface area (Å²) in [5.41, 5.74) is 3.09. The summed E-state index contributed by atoms with van der Waals surface area (Å²) in [5.74, 6) is 6.16. The van der Waals surface area contributed by atoms with Crippen LogP contribution in [0.1, 0.15) is 37.6 Å². The van der Waals surface area contributed by atoms with E-state index >= 15 is 0 Å². The monoisotopic (exact) mass is 581 g/mol. The maximum absolute atomic E-state index is 13.8. The van der Waals surface area contributed by atoms with Gasteiger partial charge in [0.25, 0.3) is 0 Å². The van der Waals surface area contributed by atoms with Crippen LogP contribution < -0.4 is 0 Å². The minimum atomic E-state index is -4.44. The number of hydrogen-bond acceptors (Lipinski definition) is 3. The second-order valence-corrected chi connectivity index (χ2v) is 16.8. The zero-order chi connectivity index (χ0) is 29.1.